The summed E-state index contributed by atoms with van der Waals surface area (Å²) in [5.41, 5.74) is 0. The van der Waals surface area contributed by atoms with Gasteiger partial charge in [-0.1, -0.05) is 0 Å². The van der Waals surface area contributed by atoms with Gasteiger partial charge in [0.25, 0.3) is 0 Å². The molecule has 0 radical (unpaired) electrons. The summed E-state index contributed by atoms with van der Waals surface area (Å²) in [6.07, 6.45) is 0. The van der Waals surface area contributed by atoms with E-state index in [9.17, 15) is 0 Å². The minimum Gasteiger partial charge on any atom is -0.214 e. The molecule has 1 aromatic carbocycles. The maximum absolute atomic E-state index is 2.00. The van der Waals surface area contributed by atoms with E-state index in [2.05, 4.69) is 0 Å². The molecular weight excluding hydrogens is 244 g/mol. The van der Waals surface area contributed by atoms with Crippen LogP contribution in [-0.2, 0) is 21.1 Å². The Morgan fingerprint density at radius 1 is 1.00 bits per heavy atom. The van der Waals surface area contributed by atoms with Gasteiger partial charge in [0.05, 0.1) is 0 Å². The van der Waals surface area contributed by atoms with E-state index in [1.54, 1.807) is 0 Å². The second-order valence-corrected chi connectivity index (χ2v) is 0.962. The minimum atomic E-state index is 0. The van der Waals surface area contributed by atoms with Gasteiger partial charge in [-0.2, -0.15) is 18.2 Å². The molecule has 0 atom stereocenters. The molecule has 0 aromatic heterocycles. The van der Waals surface area contributed by atoms with Crippen LogP contribution in [0.15, 0.2) is 30.3 Å². The van der Waals surface area contributed by atoms with Gasteiger partial charge in [0.1, 0.15) is 0 Å². The van der Waals surface area contributed by atoms with E-state index in [4.69, 9.17) is 0 Å². The smallest absolute Gasteiger partial charge is 0.172 e. The Hall–Kier alpha value is 0.0383. The van der Waals surface area contributed by atoms with Crippen LogP contribution in [0.2, 0.25) is 0 Å². The third-order valence-electron chi connectivity index (χ3n) is 0.556. The molecule has 1 aromatic rings. The maximum atomic E-state index is 2.00. The zero-order valence-electron chi connectivity index (χ0n) is 3.39. The zero-order valence-corrected chi connectivity index (χ0v) is 6.98. The van der Waals surface area contributed by atoms with Crippen molar-refractivity contribution in [1.29, 1.82) is 0 Å². The van der Waals surface area contributed by atoms with Crippen LogP contribution in [0.4, 0.5) is 0 Å². The summed E-state index contributed by atoms with van der Waals surface area (Å²) in [7, 11) is 0. The molecule has 0 amide bonds. The van der Waals surface area contributed by atoms with Crippen molar-refractivity contribution in [2.75, 3.05) is 0 Å². The normalized spacial score (nSPS) is 6.67. The molecule has 0 saturated carbocycles. The fraction of sp³-hybridized carbons (Fsp3) is 0. The maximum Gasteiger partial charge on any atom is -0.172 e. The van der Waals surface area contributed by atoms with E-state index in [0.717, 1.165) is 0 Å². The van der Waals surface area contributed by atoms with Crippen molar-refractivity contribution in [2.45, 2.75) is 0 Å². The molecule has 0 unspecified atom stereocenters. The summed E-state index contributed by atoms with van der Waals surface area (Å²) >= 11 is 0. The van der Waals surface area contributed by atoms with Gasteiger partial charge in [-0.15, -0.1) is 0 Å². The van der Waals surface area contributed by atoms with Crippen molar-refractivity contribution in [3.05, 3.63) is 30.3 Å². The molecule has 0 aliphatic heterocycles. The van der Waals surface area contributed by atoms with Gasteiger partial charge in [0.2, 0.25) is 0 Å². The largest absolute Gasteiger partial charge is 0.214 e. The number of rotatable bonds is 0. The van der Waals surface area contributed by atoms with Gasteiger partial charge in [-0.25, -0.2) is 12.1 Å². The van der Waals surface area contributed by atoms with Gasteiger partial charge in [-0.05, 0) is 0 Å². The van der Waals surface area contributed by atoms with Crippen LogP contribution >= 0.6 is 0 Å². The molecule has 6 heavy (non-hydrogen) atoms. The van der Waals surface area contributed by atoms with Crippen LogP contribution in [0.25, 0.3) is 0 Å². The molecule has 0 spiro atoms. The Morgan fingerprint density at radius 3 is 1.67 bits per heavy atom. The predicted octanol–water partition coefficient (Wildman–Crippen LogP) is 0.868. The number of hydrogen-bond donors (Lipinski definition) is 0. The molecular formula is C5H7W-. The average Bonchev–Trinajstić information content (AvgIpc) is 1.76. The molecule has 1 heteroatoms. The van der Waals surface area contributed by atoms with Crippen molar-refractivity contribution in [2.24, 2.45) is 0 Å². The van der Waals surface area contributed by atoms with Crippen LogP contribution in [0.1, 0.15) is 0 Å². The second-order valence-electron chi connectivity index (χ2n) is 0.962. The first-order valence-corrected chi connectivity index (χ1v) is 1.67. The molecule has 0 aliphatic carbocycles. The third kappa shape index (κ3) is 1.47. The fourth-order valence-corrected chi connectivity index (χ4v) is 0.321. The Labute approximate surface area is 51.8 Å². The van der Waals surface area contributed by atoms with Crippen LogP contribution in [0.3, 0.4) is 0 Å². The molecule has 0 saturated heterocycles. The van der Waals surface area contributed by atoms with Crippen LogP contribution < -0.4 is 0 Å². The first-order chi connectivity index (χ1) is 2.50. The van der Waals surface area contributed by atoms with Gasteiger partial charge in [0.15, 0.2) is 0 Å². The summed E-state index contributed by atoms with van der Waals surface area (Å²) in [5.74, 6) is 0. The van der Waals surface area contributed by atoms with Crippen molar-refractivity contribution in [1.82, 2.24) is 0 Å². The summed E-state index contributed by atoms with van der Waals surface area (Å²) in [5, 5.41) is 0. The van der Waals surface area contributed by atoms with Crippen LogP contribution in [0.5, 0.6) is 0 Å². The Kier molecular flexibility index (Phi) is 3.26. The zero-order chi connectivity index (χ0) is 3.54. The van der Waals surface area contributed by atoms with E-state index in [1.165, 1.54) is 0 Å². The standard InChI is InChI=1S/C5H5.W.2H/c1-2-4-5-3-1;;;/h1-5H;;;/q-1;;;. The molecule has 0 heterocycles. The Bertz CT molecular complexity index is 60.4. The van der Waals surface area contributed by atoms with E-state index >= 15 is 0 Å². The number of hydrogen-bond acceptors (Lipinski definition) is 0. The van der Waals surface area contributed by atoms with Gasteiger partial charge in [-0.3, -0.25) is 0 Å². The Morgan fingerprint density at radius 2 is 1.50 bits per heavy atom. The first-order valence-electron chi connectivity index (χ1n) is 1.67. The average molecular weight is 251 g/mol. The van der Waals surface area contributed by atoms with Gasteiger partial charge in [0, 0.05) is 0 Å². The molecule has 0 nitrogen and oxygen atoms in total. The van der Waals surface area contributed by atoms with Crippen molar-refractivity contribution >= 4 is 0 Å². The van der Waals surface area contributed by atoms with Crippen LogP contribution in [-0.4, -0.2) is 0 Å². The third-order valence-corrected chi connectivity index (χ3v) is 0.556. The molecule has 1 rings (SSSR count). The molecule has 34 valence electrons. The molecule has 0 aliphatic rings. The van der Waals surface area contributed by atoms with Crippen molar-refractivity contribution in [3.8, 4) is 0 Å². The molecule has 0 bridgehead atoms. The van der Waals surface area contributed by atoms with Crippen molar-refractivity contribution in [3.63, 3.8) is 0 Å². The van der Waals surface area contributed by atoms with Gasteiger partial charge < -0.3 is 0 Å². The quantitative estimate of drug-likeness (QED) is 0.600. The summed E-state index contributed by atoms with van der Waals surface area (Å²) in [6, 6.07) is 10.0. The molecule has 0 fully saturated rings. The van der Waals surface area contributed by atoms with E-state index in [-0.39, 0.29) is 21.1 Å². The van der Waals surface area contributed by atoms with E-state index < -0.39 is 0 Å². The second kappa shape index (κ2) is 3.24. The summed E-state index contributed by atoms with van der Waals surface area (Å²) in [4.78, 5) is 0. The SMILES string of the molecule is [WH2].c1cc[cH-]c1. The van der Waals surface area contributed by atoms with Crippen molar-refractivity contribution < 1.29 is 21.1 Å². The fourth-order valence-electron chi connectivity index (χ4n) is 0.321. The monoisotopic (exact) mass is 251 g/mol. The minimum absolute atomic E-state index is 0. The van der Waals surface area contributed by atoms with E-state index in [0.29, 0.717) is 0 Å². The van der Waals surface area contributed by atoms with E-state index in [1.807, 2.05) is 30.3 Å². The summed E-state index contributed by atoms with van der Waals surface area (Å²) < 4.78 is 0. The van der Waals surface area contributed by atoms with Crippen LogP contribution in [0, 0.1) is 0 Å². The first kappa shape index (κ1) is 6.04. The Balaban J connectivity index is 0.000000250. The van der Waals surface area contributed by atoms with Gasteiger partial charge >= 0.3 is 21.1 Å². The summed E-state index contributed by atoms with van der Waals surface area (Å²) in [6.45, 7) is 0. The topological polar surface area (TPSA) is 0 Å². The predicted molar refractivity (Wildman–Crippen MR) is 24.8 cm³/mol. The molecule has 0 N–H and O–H groups in total.